The molecule has 2 N–H and O–H groups in total. The van der Waals surface area contributed by atoms with Crippen molar-refractivity contribution in [1.82, 2.24) is 10.3 Å². The van der Waals surface area contributed by atoms with Gasteiger partial charge in [-0.2, -0.15) is 0 Å². The summed E-state index contributed by atoms with van der Waals surface area (Å²) in [4.78, 5) is 17.2. The van der Waals surface area contributed by atoms with Crippen LogP contribution in [0.3, 0.4) is 0 Å². The molecule has 1 fully saturated rings. The fourth-order valence-corrected chi connectivity index (χ4v) is 4.32. The van der Waals surface area contributed by atoms with Crippen LogP contribution >= 0.6 is 0 Å². The molecular formula is C23H23N3O2. The summed E-state index contributed by atoms with van der Waals surface area (Å²) in [6, 6.07) is 15.6. The van der Waals surface area contributed by atoms with E-state index < -0.39 is 0 Å². The minimum absolute atomic E-state index is 0.0522. The highest BCUT2D eigenvalue weighted by Crippen LogP contribution is 2.48. The number of nitrogens with zero attached hydrogens (tertiary/aromatic N) is 1. The first kappa shape index (κ1) is 17.0. The number of hydrogen-bond acceptors (Lipinski definition) is 3. The van der Waals surface area contributed by atoms with Gasteiger partial charge in [0.2, 0.25) is 0 Å². The Morgan fingerprint density at radius 2 is 2.04 bits per heavy atom. The lowest BCUT2D eigenvalue weighted by molar-refractivity contribution is -0.0354. The van der Waals surface area contributed by atoms with Crippen molar-refractivity contribution in [3.05, 3.63) is 66.0 Å². The molecule has 1 aliphatic carbocycles. The lowest BCUT2D eigenvalue weighted by atomic mass is 9.73. The van der Waals surface area contributed by atoms with Crippen molar-refractivity contribution in [2.45, 2.75) is 44.2 Å². The van der Waals surface area contributed by atoms with Crippen LogP contribution in [0.2, 0.25) is 0 Å². The quantitative estimate of drug-likeness (QED) is 0.656. The monoisotopic (exact) mass is 373 g/mol. The van der Waals surface area contributed by atoms with E-state index in [2.05, 4.69) is 15.6 Å². The predicted molar refractivity (Wildman–Crippen MR) is 110 cm³/mol. The van der Waals surface area contributed by atoms with Gasteiger partial charge in [-0.15, -0.1) is 0 Å². The van der Waals surface area contributed by atoms with Gasteiger partial charge in [0.15, 0.2) is 0 Å². The van der Waals surface area contributed by atoms with Crippen molar-refractivity contribution in [3.8, 4) is 5.75 Å². The van der Waals surface area contributed by atoms with Gasteiger partial charge in [0.1, 0.15) is 11.4 Å². The summed E-state index contributed by atoms with van der Waals surface area (Å²) < 4.78 is 6.28. The topological polar surface area (TPSA) is 63.2 Å². The molecule has 3 aromatic rings. The second-order valence-electron chi connectivity index (χ2n) is 7.88. The lowest BCUT2D eigenvalue weighted by Gasteiger charge is -2.48. The van der Waals surface area contributed by atoms with Crippen molar-refractivity contribution >= 4 is 22.5 Å². The Bertz CT molecular complexity index is 1060. The van der Waals surface area contributed by atoms with E-state index in [1.54, 1.807) is 0 Å². The van der Waals surface area contributed by atoms with Gasteiger partial charge in [-0.1, -0.05) is 30.3 Å². The molecule has 5 nitrogen and oxygen atoms in total. The summed E-state index contributed by atoms with van der Waals surface area (Å²) in [6.07, 6.45) is 5.94. The molecule has 1 spiro atoms. The van der Waals surface area contributed by atoms with Crippen LogP contribution < -0.4 is 15.4 Å². The van der Waals surface area contributed by atoms with Crippen molar-refractivity contribution in [3.63, 3.8) is 0 Å². The molecule has 2 amide bonds. The van der Waals surface area contributed by atoms with Crippen LogP contribution in [0.4, 0.5) is 10.5 Å². The average molecular weight is 373 g/mol. The number of anilines is 1. The van der Waals surface area contributed by atoms with E-state index in [4.69, 9.17) is 4.74 Å². The number of pyridine rings is 1. The predicted octanol–water partition coefficient (Wildman–Crippen LogP) is 5.11. The molecule has 0 radical (unpaired) electrons. The molecule has 1 saturated carbocycles. The number of para-hydroxylation sites is 1. The number of nitrogens with one attached hydrogen (secondary N) is 2. The zero-order valence-corrected chi connectivity index (χ0v) is 15.9. The maximum absolute atomic E-state index is 12.9. The molecule has 5 rings (SSSR count). The fourth-order valence-electron chi connectivity index (χ4n) is 4.32. The van der Waals surface area contributed by atoms with Crippen LogP contribution in [0.1, 0.15) is 43.0 Å². The minimum Gasteiger partial charge on any atom is -0.487 e. The van der Waals surface area contributed by atoms with Crippen LogP contribution in [0, 0.1) is 6.92 Å². The van der Waals surface area contributed by atoms with Gasteiger partial charge in [-0.05, 0) is 44.4 Å². The molecular weight excluding hydrogens is 350 g/mol. The molecule has 1 aliphatic heterocycles. The summed E-state index contributed by atoms with van der Waals surface area (Å²) in [5.41, 5.74) is 2.65. The summed E-state index contributed by atoms with van der Waals surface area (Å²) in [5.74, 6) is 0.894. The van der Waals surface area contributed by atoms with Crippen molar-refractivity contribution in [2.24, 2.45) is 0 Å². The highest BCUT2D eigenvalue weighted by Gasteiger charge is 2.45. The number of aryl methyl sites for hydroxylation is 1. The molecule has 1 aromatic heterocycles. The molecule has 28 heavy (non-hydrogen) atoms. The molecule has 1 atom stereocenters. The number of ether oxygens (including phenoxy) is 1. The third kappa shape index (κ3) is 2.97. The van der Waals surface area contributed by atoms with Crippen LogP contribution in [-0.2, 0) is 0 Å². The Hall–Kier alpha value is -3.08. The van der Waals surface area contributed by atoms with E-state index >= 15 is 0 Å². The van der Waals surface area contributed by atoms with Gasteiger partial charge in [-0.25, -0.2) is 4.79 Å². The standard InChI is InChI=1S/C23H23N3O2/c1-15-12-18-16(14-24-15)6-4-8-19(18)25-22(27)26-20-13-23(10-5-11-23)28-21-9-3-2-7-17(20)21/h2-4,6-9,12,14,20H,5,10-11,13H2,1H3,(H2,25,26,27). The normalized spacial score (nSPS) is 19.4. The Labute approximate surface area is 164 Å². The highest BCUT2D eigenvalue weighted by atomic mass is 16.5. The minimum atomic E-state index is -0.196. The average Bonchev–Trinajstić information content (AvgIpc) is 2.67. The zero-order valence-electron chi connectivity index (χ0n) is 15.9. The van der Waals surface area contributed by atoms with E-state index in [0.717, 1.165) is 52.7 Å². The second-order valence-corrected chi connectivity index (χ2v) is 7.88. The first-order chi connectivity index (χ1) is 13.6. The van der Waals surface area contributed by atoms with E-state index in [1.807, 2.05) is 61.7 Å². The lowest BCUT2D eigenvalue weighted by Crippen LogP contribution is -2.50. The SMILES string of the molecule is Cc1cc2c(NC(=O)NC3CC4(CCC4)Oc4ccccc43)cccc2cn1. The number of urea groups is 1. The number of aromatic nitrogens is 1. The third-order valence-electron chi connectivity index (χ3n) is 5.92. The summed E-state index contributed by atoms with van der Waals surface area (Å²) in [5, 5.41) is 8.22. The van der Waals surface area contributed by atoms with E-state index in [0.29, 0.717) is 0 Å². The van der Waals surface area contributed by atoms with Gasteiger partial charge in [0, 0.05) is 34.6 Å². The van der Waals surface area contributed by atoms with Gasteiger partial charge >= 0.3 is 6.03 Å². The smallest absolute Gasteiger partial charge is 0.319 e. The van der Waals surface area contributed by atoms with E-state index in [9.17, 15) is 4.79 Å². The maximum Gasteiger partial charge on any atom is 0.319 e. The maximum atomic E-state index is 12.9. The fraction of sp³-hybridized carbons (Fsp3) is 0.304. The van der Waals surface area contributed by atoms with E-state index in [-0.39, 0.29) is 17.7 Å². The Morgan fingerprint density at radius 1 is 1.18 bits per heavy atom. The van der Waals surface area contributed by atoms with Gasteiger partial charge in [0.05, 0.1) is 11.7 Å². The number of benzene rings is 2. The van der Waals surface area contributed by atoms with Crippen LogP contribution in [0.15, 0.2) is 54.7 Å². The highest BCUT2D eigenvalue weighted by molar-refractivity contribution is 6.01. The zero-order chi connectivity index (χ0) is 19.1. The number of carbonyl (C=O) groups excluding carboxylic acids is 1. The first-order valence-electron chi connectivity index (χ1n) is 9.83. The molecule has 2 aliphatic rings. The first-order valence-corrected chi connectivity index (χ1v) is 9.83. The molecule has 0 bridgehead atoms. The largest absolute Gasteiger partial charge is 0.487 e. The number of amides is 2. The molecule has 0 saturated heterocycles. The molecule has 2 aromatic carbocycles. The summed E-state index contributed by atoms with van der Waals surface area (Å²) in [6.45, 7) is 1.95. The number of carbonyl (C=O) groups is 1. The summed E-state index contributed by atoms with van der Waals surface area (Å²) >= 11 is 0. The molecule has 2 heterocycles. The van der Waals surface area contributed by atoms with Gasteiger partial charge in [-0.3, -0.25) is 4.98 Å². The van der Waals surface area contributed by atoms with Crippen molar-refractivity contribution in [1.29, 1.82) is 0 Å². The number of fused-ring (bicyclic) bond motifs is 2. The molecule has 5 heteroatoms. The number of rotatable bonds is 2. The molecule has 1 unspecified atom stereocenters. The Morgan fingerprint density at radius 3 is 2.86 bits per heavy atom. The van der Waals surface area contributed by atoms with Gasteiger partial charge in [0.25, 0.3) is 0 Å². The second kappa shape index (κ2) is 6.51. The van der Waals surface area contributed by atoms with Crippen LogP contribution in [0.25, 0.3) is 10.8 Å². The van der Waals surface area contributed by atoms with Gasteiger partial charge < -0.3 is 15.4 Å². The number of hydrogen-bond donors (Lipinski definition) is 2. The molecule has 142 valence electrons. The van der Waals surface area contributed by atoms with E-state index in [1.165, 1.54) is 6.42 Å². The third-order valence-corrected chi connectivity index (χ3v) is 5.92. The Balaban J connectivity index is 1.39. The van der Waals surface area contributed by atoms with Crippen molar-refractivity contribution in [2.75, 3.05) is 5.32 Å². The van der Waals surface area contributed by atoms with Crippen LogP contribution in [0.5, 0.6) is 5.75 Å². The van der Waals surface area contributed by atoms with Crippen molar-refractivity contribution < 1.29 is 9.53 Å². The Kier molecular flexibility index (Phi) is 3.97. The van der Waals surface area contributed by atoms with Crippen LogP contribution in [-0.4, -0.2) is 16.6 Å². The summed E-state index contributed by atoms with van der Waals surface area (Å²) in [7, 11) is 0.